The van der Waals surface area contributed by atoms with E-state index < -0.39 is 10.0 Å². The molecule has 0 aliphatic rings. The highest BCUT2D eigenvalue weighted by Gasteiger charge is 2.08. The monoisotopic (exact) mass is 381 g/mol. The maximum absolute atomic E-state index is 11.4. The summed E-state index contributed by atoms with van der Waals surface area (Å²) in [6.07, 6.45) is 2.87. The minimum Gasteiger partial charge on any atom is -0.357 e. The molecule has 0 radical (unpaired) electrons. The van der Waals surface area contributed by atoms with Gasteiger partial charge in [-0.2, -0.15) is 0 Å². The van der Waals surface area contributed by atoms with Crippen molar-refractivity contribution in [3.63, 3.8) is 0 Å². The van der Waals surface area contributed by atoms with E-state index in [-0.39, 0.29) is 4.90 Å². The van der Waals surface area contributed by atoms with Crippen molar-refractivity contribution in [1.82, 2.24) is 15.6 Å². The average Bonchev–Trinajstić information content (AvgIpc) is 3.05. The molecule has 0 bridgehead atoms. The quantitative estimate of drug-likeness (QED) is 0.499. The molecule has 0 fully saturated rings. The fourth-order valence-corrected chi connectivity index (χ4v) is 3.47. The van der Waals surface area contributed by atoms with Crippen LogP contribution >= 0.6 is 11.3 Å². The molecular formula is C16H23N5O2S2. The Morgan fingerprint density at radius 2 is 2.12 bits per heavy atom. The first-order chi connectivity index (χ1) is 11.9. The molecule has 9 heteroatoms. The lowest BCUT2D eigenvalue weighted by molar-refractivity contribution is 0.597. The molecule has 2 aromatic rings. The van der Waals surface area contributed by atoms with Gasteiger partial charge in [0.1, 0.15) is 5.01 Å². The van der Waals surface area contributed by atoms with Crippen LogP contribution in [0.25, 0.3) is 0 Å². The van der Waals surface area contributed by atoms with Crippen molar-refractivity contribution >= 4 is 27.3 Å². The maximum atomic E-state index is 11.4. The molecule has 2 rings (SSSR count). The molecule has 0 saturated heterocycles. The fourth-order valence-electron chi connectivity index (χ4n) is 2.09. The molecule has 1 aromatic carbocycles. The van der Waals surface area contributed by atoms with Crippen LogP contribution in [0.4, 0.5) is 0 Å². The Hall–Kier alpha value is -1.97. The molecule has 1 aromatic heterocycles. The molecule has 0 saturated carbocycles. The third-order valence-corrected chi connectivity index (χ3v) is 5.40. The summed E-state index contributed by atoms with van der Waals surface area (Å²) in [5.41, 5.74) is 0.770. The predicted molar refractivity (Wildman–Crippen MR) is 101 cm³/mol. The van der Waals surface area contributed by atoms with Crippen LogP contribution in [0.2, 0.25) is 0 Å². The van der Waals surface area contributed by atoms with Gasteiger partial charge in [0.15, 0.2) is 5.96 Å². The molecule has 0 unspecified atom stereocenters. The third kappa shape index (κ3) is 6.11. The van der Waals surface area contributed by atoms with Gasteiger partial charge in [0.2, 0.25) is 10.0 Å². The van der Waals surface area contributed by atoms with E-state index in [4.69, 9.17) is 5.14 Å². The predicted octanol–water partition coefficient (Wildman–Crippen LogP) is 1.61. The number of nitrogens with two attached hydrogens (primary N) is 1. The summed E-state index contributed by atoms with van der Waals surface area (Å²) >= 11 is 1.68. The number of aromatic nitrogens is 1. The average molecular weight is 382 g/mol. The zero-order valence-corrected chi connectivity index (χ0v) is 16.0. The topological polar surface area (TPSA) is 109 Å². The Balaban J connectivity index is 2.04. The highest BCUT2D eigenvalue weighted by molar-refractivity contribution is 7.89. The van der Waals surface area contributed by atoms with Crippen LogP contribution in [0.15, 0.2) is 40.4 Å². The molecule has 0 aliphatic carbocycles. The van der Waals surface area contributed by atoms with Gasteiger partial charge < -0.3 is 10.6 Å². The molecule has 0 amide bonds. The first-order valence-corrected chi connectivity index (χ1v) is 10.4. The van der Waals surface area contributed by atoms with Gasteiger partial charge in [-0.05, 0) is 31.0 Å². The number of guanidine groups is 1. The second-order valence-corrected chi connectivity index (χ2v) is 8.08. The van der Waals surface area contributed by atoms with Crippen molar-refractivity contribution in [2.24, 2.45) is 10.1 Å². The Labute approximate surface area is 152 Å². The van der Waals surface area contributed by atoms with E-state index in [1.807, 2.05) is 19.2 Å². The SMILES string of the molecule is CCNC(=NCc1cccc(S(N)(=O)=O)c1)NCc1ncc(CC)s1. The smallest absolute Gasteiger partial charge is 0.238 e. The van der Waals surface area contributed by atoms with Crippen molar-refractivity contribution < 1.29 is 8.42 Å². The maximum Gasteiger partial charge on any atom is 0.238 e. The molecule has 136 valence electrons. The van der Waals surface area contributed by atoms with Crippen molar-refractivity contribution in [3.05, 3.63) is 45.9 Å². The first-order valence-electron chi connectivity index (χ1n) is 8.00. The second-order valence-electron chi connectivity index (χ2n) is 5.31. The number of nitrogens with zero attached hydrogens (tertiary/aromatic N) is 2. The lowest BCUT2D eigenvalue weighted by Gasteiger charge is -2.10. The molecule has 0 aliphatic heterocycles. The van der Waals surface area contributed by atoms with Crippen LogP contribution in [0.1, 0.15) is 29.3 Å². The van der Waals surface area contributed by atoms with Crippen LogP contribution in [0.3, 0.4) is 0 Å². The van der Waals surface area contributed by atoms with E-state index in [0.717, 1.165) is 23.5 Å². The Morgan fingerprint density at radius 1 is 1.32 bits per heavy atom. The molecule has 0 atom stereocenters. The summed E-state index contributed by atoms with van der Waals surface area (Å²) in [5, 5.41) is 12.6. The summed E-state index contributed by atoms with van der Waals surface area (Å²) in [5.74, 6) is 0.650. The number of hydrogen-bond donors (Lipinski definition) is 3. The van der Waals surface area contributed by atoms with Crippen molar-refractivity contribution in [2.45, 2.75) is 38.3 Å². The molecule has 0 spiro atoms. The summed E-state index contributed by atoms with van der Waals surface area (Å²) < 4.78 is 22.8. The van der Waals surface area contributed by atoms with E-state index in [1.54, 1.807) is 17.4 Å². The van der Waals surface area contributed by atoms with E-state index in [0.29, 0.717) is 19.0 Å². The van der Waals surface area contributed by atoms with E-state index in [1.165, 1.54) is 17.0 Å². The number of benzene rings is 1. The van der Waals surface area contributed by atoms with Crippen LogP contribution in [0.5, 0.6) is 0 Å². The number of primary sulfonamides is 1. The summed E-state index contributed by atoms with van der Waals surface area (Å²) in [7, 11) is -3.71. The second kappa shape index (κ2) is 8.93. The van der Waals surface area contributed by atoms with Gasteiger partial charge >= 0.3 is 0 Å². The minimum atomic E-state index is -3.71. The Kier molecular flexibility index (Phi) is 6.91. The molecule has 25 heavy (non-hydrogen) atoms. The number of nitrogens with one attached hydrogen (secondary N) is 2. The number of aryl methyl sites for hydroxylation is 1. The fraction of sp³-hybridized carbons (Fsp3) is 0.375. The van der Waals surface area contributed by atoms with Gasteiger partial charge in [0.25, 0.3) is 0 Å². The Morgan fingerprint density at radius 3 is 2.76 bits per heavy atom. The number of thiazole rings is 1. The summed E-state index contributed by atoms with van der Waals surface area (Å²) in [6, 6.07) is 6.49. The molecule has 1 heterocycles. The van der Waals surface area contributed by atoms with Crippen molar-refractivity contribution in [3.8, 4) is 0 Å². The largest absolute Gasteiger partial charge is 0.357 e. The Bertz CT molecular complexity index is 831. The van der Waals surface area contributed by atoms with Gasteiger partial charge in [-0.25, -0.2) is 23.5 Å². The number of hydrogen-bond acceptors (Lipinski definition) is 5. The van der Waals surface area contributed by atoms with Gasteiger partial charge in [0, 0.05) is 17.6 Å². The molecule has 7 nitrogen and oxygen atoms in total. The normalized spacial score (nSPS) is 12.2. The van der Waals surface area contributed by atoms with Crippen LogP contribution in [0, 0.1) is 0 Å². The zero-order valence-electron chi connectivity index (χ0n) is 14.3. The molecule has 4 N–H and O–H groups in total. The van der Waals surface area contributed by atoms with Gasteiger partial charge in [-0.15, -0.1) is 11.3 Å². The number of aliphatic imine (C=N–C) groups is 1. The van der Waals surface area contributed by atoms with Crippen LogP contribution in [-0.2, 0) is 29.5 Å². The van der Waals surface area contributed by atoms with Crippen molar-refractivity contribution in [1.29, 1.82) is 0 Å². The number of rotatable bonds is 7. The zero-order chi connectivity index (χ0) is 18.3. The van der Waals surface area contributed by atoms with Gasteiger partial charge in [-0.1, -0.05) is 19.1 Å². The van der Waals surface area contributed by atoms with Gasteiger partial charge in [0.05, 0.1) is 18.0 Å². The highest BCUT2D eigenvalue weighted by atomic mass is 32.2. The number of sulfonamides is 1. The lowest BCUT2D eigenvalue weighted by Crippen LogP contribution is -2.36. The highest BCUT2D eigenvalue weighted by Crippen LogP contribution is 2.13. The summed E-state index contributed by atoms with van der Waals surface area (Å²) in [6.45, 7) is 5.74. The summed E-state index contributed by atoms with van der Waals surface area (Å²) in [4.78, 5) is 10.2. The lowest BCUT2D eigenvalue weighted by atomic mass is 10.2. The van der Waals surface area contributed by atoms with Crippen LogP contribution < -0.4 is 15.8 Å². The van der Waals surface area contributed by atoms with E-state index >= 15 is 0 Å². The minimum absolute atomic E-state index is 0.0908. The third-order valence-electron chi connectivity index (χ3n) is 3.35. The van der Waals surface area contributed by atoms with Gasteiger partial charge in [-0.3, -0.25) is 0 Å². The van der Waals surface area contributed by atoms with Crippen molar-refractivity contribution in [2.75, 3.05) is 6.54 Å². The first kappa shape index (κ1) is 19.4. The van der Waals surface area contributed by atoms with E-state index in [2.05, 4.69) is 27.5 Å². The van der Waals surface area contributed by atoms with E-state index in [9.17, 15) is 8.42 Å². The molecular weight excluding hydrogens is 358 g/mol. The van der Waals surface area contributed by atoms with Crippen LogP contribution in [-0.4, -0.2) is 25.9 Å². The standard InChI is InChI=1S/C16H23N5O2S2/c1-3-13-10-19-15(24-13)11-21-16(18-4-2)20-9-12-6-5-7-14(8-12)25(17,22)23/h5-8,10H,3-4,9,11H2,1-2H3,(H2,17,22,23)(H2,18,20,21).